The molecule has 5 rings (SSSR count). The highest BCUT2D eigenvalue weighted by molar-refractivity contribution is 6.29. The van der Waals surface area contributed by atoms with Crippen molar-refractivity contribution in [3.63, 3.8) is 0 Å². The highest BCUT2D eigenvalue weighted by atomic mass is 35.5. The first-order valence-electron chi connectivity index (χ1n) is 8.37. The van der Waals surface area contributed by atoms with E-state index in [4.69, 9.17) is 11.6 Å². The molecule has 0 spiro atoms. The third-order valence-electron chi connectivity index (χ3n) is 5.05. The largest absolute Gasteiger partial charge is 0.417 e. The minimum Gasteiger partial charge on any atom is -0.256 e. The summed E-state index contributed by atoms with van der Waals surface area (Å²) in [6, 6.07) is 7.85. The van der Waals surface area contributed by atoms with E-state index in [1.807, 2.05) is 6.07 Å². The standard InChI is InChI=1S/C19H12ClF3N4/c20-17-9-14(18-25-5-6-27(18)26-17)13-8-12(13)10-1-2-11-15(19(21,22)23)3-4-24-16(11)7-10/h1-7,9,12-13H,8H2. The van der Waals surface area contributed by atoms with Gasteiger partial charge in [-0.3, -0.25) is 4.98 Å². The molecule has 136 valence electrons. The number of fused-ring (bicyclic) bond motifs is 2. The molecule has 1 aliphatic carbocycles. The van der Waals surface area contributed by atoms with Crippen molar-refractivity contribution < 1.29 is 13.2 Å². The van der Waals surface area contributed by atoms with Crippen molar-refractivity contribution in [2.75, 3.05) is 0 Å². The molecular weight excluding hydrogens is 377 g/mol. The van der Waals surface area contributed by atoms with Crippen LogP contribution in [0.4, 0.5) is 13.2 Å². The summed E-state index contributed by atoms with van der Waals surface area (Å²) in [5, 5.41) is 4.69. The van der Waals surface area contributed by atoms with Crippen LogP contribution in [0.1, 0.15) is 34.9 Å². The number of halogens is 4. The molecule has 1 aromatic carbocycles. The molecule has 2 atom stereocenters. The van der Waals surface area contributed by atoms with E-state index in [-0.39, 0.29) is 17.2 Å². The van der Waals surface area contributed by atoms with Gasteiger partial charge >= 0.3 is 6.18 Å². The van der Waals surface area contributed by atoms with E-state index in [9.17, 15) is 13.2 Å². The lowest BCUT2D eigenvalue weighted by Crippen LogP contribution is -2.06. The van der Waals surface area contributed by atoms with Crippen LogP contribution in [0, 0.1) is 0 Å². The predicted octanol–water partition coefficient (Wildman–Crippen LogP) is 5.22. The topological polar surface area (TPSA) is 43.1 Å². The fraction of sp³-hybridized carbons (Fsp3) is 0.211. The van der Waals surface area contributed by atoms with Crippen molar-refractivity contribution in [1.82, 2.24) is 19.6 Å². The predicted molar refractivity (Wildman–Crippen MR) is 94.8 cm³/mol. The van der Waals surface area contributed by atoms with E-state index in [2.05, 4.69) is 15.1 Å². The van der Waals surface area contributed by atoms with E-state index < -0.39 is 11.7 Å². The Morgan fingerprint density at radius 3 is 2.70 bits per heavy atom. The third-order valence-corrected chi connectivity index (χ3v) is 5.23. The molecule has 3 heterocycles. The maximum absolute atomic E-state index is 13.2. The number of hydrogen-bond acceptors (Lipinski definition) is 3. The van der Waals surface area contributed by atoms with Gasteiger partial charge in [0.15, 0.2) is 5.65 Å². The van der Waals surface area contributed by atoms with Crippen LogP contribution >= 0.6 is 11.6 Å². The lowest BCUT2D eigenvalue weighted by Gasteiger charge is -2.11. The number of hydrogen-bond donors (Lipinski definition) is 0. The second-order valence-electron chi connectivity index (χ2n) is 6.70. The molecular formula is C19H12ClF3N4. The number of rotatable bonds is 2. The van der Waals surface area contributed by atoms with Gasteiger partial charge in [-0.05, 0) is 42.0 Å². The first kappa shape index (κ1) is 16.5. The molecule has 1 saturated carbocycles. The summed E-state index contributed by atoms with van der Waals surface area (Å²) in [6.07, 6.45) is 1.09. The Hall–Kier alpha value is -2.67. The van der Waals surface area contributed by atoms with Crippen molar-refractivity contribution in [1.29, 1.82) is 0 Å². The number of nitrogens with zero attached hydrogens (tertiary/aromatic N) is 4. The zero-order valence-electron chi connectivity index (χ0n) is 13.8. The lowest BCUT2D eigenvalue weighted by molar-refractivity contribution is -0.136. The van der Waals surface area contributed by atoms with Gasteiger partial charge in [0, 0.05) is 29.5 Å². The third kappa shape index (κ3) is 2.73. The van der Waals surface area contributed by atoms with Crippen LogP contribution in [-0.2, 0) is 6.18 Å². The summed E-state index contributed by atoms with van der Waals surface area (Å²) >= 11 is 6.11. The summed E-state index contributed by atoms with van der Waals surface area (Å²) < 4.78 is 41.2. The van der Waals surface area contributed by atoms with Crippen LogP contribution in [-0.4, -0.2) is 19.6 Å². The van der Waals surface area contributed by atoms with Crippen molar-refractivity contribution >= 4 is 28.2 Å². The molecule has 4 nitrogen and oxygen atoms in total. The molecule has 0 aliphatic heterocycles. The van der Waals surface area contributed by atoms with E-state index in [0.717, 1.165) is 29.3 Å². The van der Waals surface area contributed by atoms with Crippen molar-refractivity contribution in [3.05, 3.63) is 70.8 Å². The molecule has 2 unspecified atom stereocenters. The maximum Gasteiger partial charge on any atom is 0.417 e. The monoisotopic (exact) mass is 388 g/mol. The van der Waals surface area contributed by atoms with Crippen molar-refractivity contribution in [2.45, 2.75) is 24.4 Å². The number of imidazole rings is 1. The van der Waals surface area contributed by atoms with Gasteiger partial charge < -0.3 is 0 Å². The van der Waals surface area contributed by atoms with Gasteiger partial charge in [0.05, 0.1) is 11.1 Å². The van der Waals surface area contributed by atoms with E-state index in [0.29, 0.717) is 10.7 Å². The zero-order chi connectivity index (χ0) is 18.8. The summed E-state index contributed by atoms with van der Waals surface area (Å²) in [4.78, 5) is 8.47. The van der Waals surface area contributed by atoms with E-state index >= 15 is 0 Å². The van der Waals surface area contributed by atoms with Crippen molar-refractivity contribution in [2.24, 2.45) is 0 Å². The summed E-state index contributed by atoms with van der Waals surface area (Å²) in [5.41, 5.74) is 2.42. The molecule has 4 aromatic rings. The smallest absolute Gasteiger partial charge is 0.256 e. The second kappa shape index (κ2) is 5.66. The summed E-state index contributed by atoms with van der Waals surface area (Å²) in [6.45, 7) is 0. The molecule has 1 aliphatic rings. The van der Waals surface area contributed by atoms with Crippen LogP contribution < -0.4 is 0 Å². The highest BCUT2D eigenvalue weighted by Gasteiger charge is 2.41. The van der Waals surface area contributed by atoms with Gasteiger partial charge in [-0.1, -0.05) is 23.7 Å². The van der Waals surface area contributed by atoms with Gasteiger partial charge in [-0.25, -0.2) is 9.50 Å². The van der Waals surface area contributed by atoms with Crippen LogP contribution in [0.5, 0.6) is 0 Å². The lowest BCUT2D eigenvalue weighted by atomic mass is 10.0. The highest BCUT2D eigenvalue weighted by Crippen LogP contribution is 2.56. The van der Waals surface area contributed by atoms with Gasteiger partial charge in [0.2, 0.25) is 0 Å². The molecule has 0 saturated heterocycles. The van der Waals surface area contributed by atoms with Gasteiger partial charge in [0.25, 0.3) is 0 Å². The SMILES string of the molecule is FC(F)(F)c1ccnc2cc(C3CC3c3cc(Cl)nn4ccnc34)ccc12. The quantitative estimate of drug-likeness (QED) is 0.473. The number of alkyl halides is 3. The number of pyridine rings is 1. The molecule has 8 heteroatoms. The Morgan fingerprint density at radius 2 is 1.89 bits per heavy atom. The zero-order valence-corrected chi connectivity index (χ0v) is 14.5. The van der Waals surface area contributed by atoms with E-state index in [1.165, 1.54) is 12.3 Å². The van der Waals surface area contributed by atoms with Crippen molar-refractivity contribution in [3.8, 4) is 0 Å². The minimum absolute atomic E-state index is 0.119. The maximum atomic E-state index is 13.2. The number of benzene rings is 1. The van der Waals surface area contributed by atoms with Crippen LogP contribution in [0.25, 0.3) is 16.6 Å². The first-order chi connectivity index (χ1) is 12.9. The molecule has 1 fully saturated rings. The Labute approximate surface area is 156 Å². The minimum atomic E-state index is -4.40. The van der Waals surface area contributed by atoms with Gasteiger partial charge in [-0.2, -0.15) is 18.3 Å². The van der Waals surface area contributed by atoms with Crippen LogP contribution in [0.3, 0.4) is 0 Å². The average molecular weight is 389 g/mol. The molecule has 0 N–H and O–H groups in total. The fourth-order valence-electron chi connectivity index (χ4n) is 3.73. The Kier molecular flexibility index (Phi) is 3.46. The van der Waals surface area contributed by atoms with E-state index in [1.54, 1.807) is 29.0 Å². The fourth-order valence-corrected chi connectivity index (χ4v) is 3.93. The Morgan fingerprint density at radius 1 is 1.04 bits per heavy atom. The molecule has 27 heavy (non-hydrogen) atoms. The van der Waals surface area contributed by atoms with Crippen LogP contribution in [0.2, 0.25) is 5.15 Å². The van der Waals surface area contributed by atoms with Gasteiger partial charge in [0.1, 0.15) is 5.15 Å². The first-order valence-corrected chi connectivity index (χ1v) is 8.75. The van der Waals surface area contributed by atoms with Crippen LogP contribution in [0.15, 0.2) is 48.9 Å². The molecule has 0 bridgehead atoms. The Balaban J connectivity index is 1.53. The molecule has 0 amide bonds. The molecule has 0 radical (unpaired) electrons. The Bertz CT molecular complexity index is 1180. The van der Waals surface area contributed by atoms with Gasteiger partial charge in [-0.15, -0.1) is 0 Å². The second-order valence-corrected chi connectivity index (χ2v) is 7.09. The average Bonchev–Trinajstić information content (AvgIpc) is 3.29. The number of aromatic nitrogens is 4. The summed E-state index contributed by atoms with van der Waals surface area (Å²) in [5.74, 6) is 0.406. The summed E-state index contributed by atoms with van der Waals surface area (Å²) in [7, 11) is 0. The normalized spacial score (nSPS) is 19.7. The molecule has 3 aromatic heterocycles.